The molecular formula is C17H16ClN3O4S. The Morgan fingerprint density at radius 1 is 1.12 bits per heavy atom. The van der Waals surface area contributed by atoms with Crippen molar-refractivity contribution in [3.05, 3.63) is 63.5 Å². The number of hydrogen-bond donors (Lipinski definition) is 2. The number of ether oxygens (including phenoxy) is 1. The number of rotatable bonds is 3. The van der Waals surface area contributed by atoms with Crippen LogP contribution >= 0.6 is 11.6 Å². The van der Waals surface area contributed by atoms with Gasteiger partial charge in [-0.2, -0.15) is 4.31 Å². The maximum absolute atomic E-state index is 13.0. The third-order valence-corrected chi connectivity index (χ3v) is 6.61. The molecule has 2 N–H and O–H groups in total. The highest BCUT2D eigenvalue weighted by molar-refractivity contribution is 7.89. The van der Waals surface area contributed by atoms with Crippen LogP contribution < -0.4 is 5.69 Å². The monoisotopic (exact) mass is 393 g/mol. The number of fused-ring (bicyclic) bond motifs is 1. The van der Waals surface area contributed by atoms with Crippen LogP contribution in [0.1, 0.15) is 11.7 Å². The van der Waals surface area contributed by atoms with E-state index in [1.165, 1.54) is 16.4 Å². The molecule has 9 heteroatoms. The van der Waals surface area contributed by atoms with Crippen molar-refractivity contribution in [2.45, 2.75) is 11.0 Å². The number of nitrogens with zero attached hydrogens (tertiary/aromatic N) is 1. The summed E-state index contributed by atoms with van der Waals surface area (Å²) >= 11 is 6.22. The van der Waals surface area contributed by atoms with Gasteiger partial charge in [-0.25, -0.2) is 13.2 Å². The fraction of sp³-hybridized carbons (Fsp3) is 0.235. The quantitative estimate of drug-likeness (QED) is 0.713. The zero-order valence-corrected chi connectivity index (χ0v) is 15.2. The molecule has 4 rings (SSSR count). The molecule has 1 unspecified atom stereocenters. The number of imidazole rings is 1. The van der Waals surface area contributed by atoms with Crippen LogP contribution in [0, 0.1) is 0 Å². The van der Waals surface area contributed by atoms with Gasteiger partial charge in [0.1, 0.15) is 0 Å². The van der Waals surface area contributed by atoms with Crippen molar-refractivity contribution >= 4 is 32.7 Å². The van der Waals surface area contributed by atoms with E-state index in [2.05, 4.69) is 9.97 Å². The fourth-order valence-corrected chi connectivity index (χ4v) is 4.80. The van der Waals surface area contributed by atoms with E-state index in [0.29, 0.717) is 16.1 Å². The van der Waals surface area contributed by atoms with E-state index in [1.54, 1.807) is 12.1 Å². The first-order valence-corrected chi connectivity index (χ1v) is 9.85. The van der Waals surface area contributed by atoms with Crippen LogP contribution in [0.4, 0.5) is 0 Å². The molecular weight excluding hydrogens is 378 g/mol. The SMILES string of the molecule is O=c1[nH]c2ccc(S(=O)(=O)N3CCOC(c4ccccc4Cl)C3)cc2[nH]1. The molecule has 2 heterocycles. The van der Waals surface area contributed by atoms with Crippen LogP contribution in [0.25, 0.3) is 11.0 Å². The average Bonchev–Trinajstić information content (AvgIpc) is 3.01. The smallest absolute Gasteiger partial charge is 0.323 e. The highest BCUT2D eigenvalue weighted by Gasteiger charge is 2.32. The summed E-state index contributed by atoms with van der Waals surface area (Å²) in [5.74, 6) is 0. The zero-order chi connectivity index (χ0) is 18.3. The minimum absolute atomic E-state index is 0.125. The van der Waals surface area contributed by atoms with Gasteiger partial charge in [0.2, 0.25) is 10.0 Å². The average molecular weight is 394 g/mol. The molecule has 0 aliphatic carbocycles. The van der Waals surface area contributed by atoms with Gasteiger partial charge in [0.25, 0.3) is 0 Å². The van der Waals surface area contributed by atoms with Crippen molar-refractivity contribution in [2.75, 3.05) is 19.7 Å². The van der Waals surface area contributed by atoms with Gasteiger partial charge in [-0.3, -0.25) is 0 Å². The second kappa shape index (κ2) is 6.55. The van der Waals surface area contributed by atoms with E-state index in [-0.39, 0.29) is 30.3 Å². The van der Waals surface area contributed by atoms with E-state index >= 15 is 0 Å². The largest absolute Gasteiger partial charge is 0.371 e. The number of H-pyrrole nitrogens is 2. The summed E-state index contributed by atoms with van der Waals surface area (Å²) in [6.45, 7) is 0.705. The Kier molecular flexibility index (Phi) is 4.36. The molecule has 1 aromatic heterocycles. The normalized spacial score (nSPS) is 19.0. The molecule has 0 bridgehead atoms. The van der Waals surface area contributed by atoms with Gasteiger partial charge in [0.15, 0.2) is 0 Å². The van der Waals surface area contributed by atoms with Crippen LogP contribution in [-0.2, 0) is 14.8 Å². The Morgan fingerprint density at radius 3 is 2.69 bits per heavy atom. The molecule has 1 aliphatic rings. The number of aromatic amines is 2. The fourth-order valence-electron chi connectivity index (χ4n) is 3.09. The molecule has 1 saturated heterocycles. The Bertz CT molecular complexity index is 1120. The van der Waals surface area contributed by atoms with Gasteiger partial charge in [0, 0.05) is 23.7 Å². The highest BCUT2D eigenvalue weighted by atomic mass is 35.5. The topological polar surface area (TPSA) is 95.3 Å². The van der Waals surface area contributed by atoms with Crippen LogP contribution in [0.5, 0.6) is 0 Å². The lowest BCUT2D eigenvalue weighted by molar-refractivity contribution is -0.00249. The first-order valence-electron chi connectivity index (χ1n) is 8.03. The Morgan fingerprint density at radius 2 is 1.88 bits per heavy atom. The summed E-state index contributed by atoms with van der Waals surface area (Å²) in [5, 5.41) is 0.545. The second-order valence-electron chi connectivity index (χ2n) is 6.03. The first-order chi connectivity index (χ1) is 12.4. The maximum Gasteiger partial charge on any atom is 0.323 e. The number of nitrogens with one attached hydrogen (secondary N) is 2. The Hall–Kier alpha value is -2.13. The predicted molar refractivity (Wildman–Crippen MR) is 97.8 cm³/mol. The number of benzene rings is 2. The minimum Gasteiger partial charge on any atom is -0.371 e. The number of sulfonamides is 1. The lowest BCUT2D eigenvalue weighted by Gasteiger charge is -2.32. The molecule has 26 heavy (non-hydrogen) atoms. The first kappa shape index (κ1) is 17.3. The molecule has 0 saturated carbocycles. The van der Waals surface area contributed by atoms with E-state index in [0.717, 1.165) is 5.56 Å². The van der Waals surface area contributed by atoms with Gasteiger partial charge in [-0.05, 0) is 24.3 Å². The van der Waals surface area contributed by atoms with Crippen molar-refractivity contribution in [1.82, 2.24) is 14.3 Å². The Balaban J connectivity index is 1.66. The van der Waals surface area contributed by atoms with Crippen molar-refractivity contribution in [3.8, 4) is 0 Å². The molecule has 1 atom stereocenters. The second-order valence-corrected chi connectivity index (χ2v) is 8.38. The molecule has 0 amide bonds. The van der Waals surface area contributed by atoms with Crippen LogP contribution in [0.15, 0.2) is 52.2 Å². The summed E-state index contributed by atoms with van der Waals surface area (Å²) in [7, 11) is -3.72. The van der Waals surface area contributed by atoms with Crippen molar-refractivity contribution in [2.24, 2.45) is 0 Å². The number of morpholine rings is 1. The van der Waals surface area contributed by atoms with E-state index < -0.39 is 16.1 Å². The summed E-state index contributed by atoms with van der Waals surface area (Å²) in [4.78, 5) is 16.7. The predicted octanol–water partition coefficient (Wildman–Crippen LogP) is 2.27. The molecule has 7 nitrogen and oxygen atoms in total. The summed E-state index contributed by atoms with van der Waals surface area (Å²) in [6, 6.07) is 11.8. The molecule has 136 valence electrons. The van der Waals surface area contributed by atoms with Gasteiger partial charge < -0.3 is 14.7 Å². The van der Waals surface area contributed by atoms with E-state index in [1.807, 2.05) is 18.2 Å². The molecule has 0 radical (unpaired) electrons. The van der Waals surface area contributed by atoms with Crippen LogP contribution in [0.2, 0.25) is 5.02 Å². The van der Waals surface area contributed by atoms with Gasteiger partial charge >= 0.3 is 5.69 Å². The standard InChI is InChI=1S/C17H16ClN3O4S/c18-13-4-2-1-3-12(13)16-10-21(7-8-25-16)26(23,24)11-5-6-14-15(9-11)20-17(22)19-14/h1-6,9,16H,7-8,10H2,(H2,19,20,22). The highest BCUT2D eigenvalue weighted by Crippen LogP contribution is 2.30. The number of hydrogen-bond acceptors (Lipinski definition) is 4. The summed E-state index contributed by atoms with van der Waals surface area (Å²) < 4.78 is 33.2. The molecule has 1 aliphatic heterocycles. The molecule has 1 fully saturated rings. The van der Waals surface area contributed by atoms with Gasteiger partial charge in [-0.15, -0.1) is 0 Å². The van der Waals surface area contributed by atoms with Gasteiger partial charge in [-0.1, -0.05) is 29.8 Å². The zero-order valence-electron chi connectivity index (χ0n) is 13.6. The van der Waals surface area contributed by atoms with Crippen LogP contribution in [0.3, 0.4) is 0 Å². The molecule has 0 spiro atoms. The summed E-state index contributed by atoms with van der Waals surface area (Å²) in [6.07, 6.45) is -0.428. The third-order valence-electron chi connectivity index (χ3n) is 4.41. The van der Waals surface area contributed by atoms with Crippen molar-refractivity contribution in [1.29, 1.82) is 0 Å². The molecule has 3 aromatic rings. The van der Waals surface area contributed by atoms with E-state index in [4.69, 9.17) is 16.3 Å². The number of halogens is 1. The van der Waals surface area contributed by atoms with Crippen LogP contribution in [-0.4, -0.2) is 42.4 Å². The lowest BCUT2D eigenvalue weighted by atomic mass is 10.1. The van der Waals surface area contributed by atoms with E-state index in [9.17, 15) is 13.2 Å². The minimum atomic E-state index is -3.72. The summed E-state index contributed by atoms with van der Waals surface area (Å²) in [5.41, 5.74) is 1.40. The van der Waals surface area contributed by atoms with Crippen molar-refractivity contribution in [3.63, 3.8) is 0 Å². The third kappa shape index (κ3) is 3.05. The lowest BCUT2D eigenvalue weighted by Crippen LogP contribution is -2.42. The maximum atomic E-state index is 13.0. The van der Waals surface area contributed by atoms with Crippen molar-refractivity contribution < 1.29 is 13.2 Å². The molecule has 2 aromatic carbocycles. The number of aromatic nitrogens is 2. The Labute approximate surface area is 154 Å². The van der Waals surface area contributed by atoms with Gasteiger partial charge in [0.05, 0.1) is 28.6 Å².